The maximum absolute atomic E-state index is 13.0. The lowest BCUT2D eigenvalue weighted by atomic mass is 9.39. The number of nitrogens with two attached hydrogens (primary N) is 1. The van der Waals surface area contributed by atoms with Gasteiger partial charge in [-0.1, -0.05) is 37.3 Å². The summed E-state index contributed by atoms with van der Waals surface area (Å²) in [7, 11) is 0. The molecule has 2 aliphatic heterocycles. The minimum Gasteiger partial charge on any atom is -0.476 e. The third-order valence-electron chi connectivity index (χ3n) is 14.4. The lowest BCUT2D eigenvalue weighted by Gasteiger charge is -2.69. The van der Waals surface area contributed by atoms with Crippen LogP contribution < -0.4 is 16.0 Å². The predicted octanol–water partition coefficient (Wildman–Crippen LogP) is 8.24. The number of thiazole rings is 1. The standard InChI is InChI=1S/C47H62N10O3S/c1-30(2)56-18-16-55(17-19-56)20-21-60-47-26-44(5)23-45(6,27-47)25-46(24-44,28-47)29-49-32(4)35(22-48)34-13-14-38(51-39(34)42(58)59)57-15-9-10-33-31(3)40(53-54-41(33)57)52-43-50-36-11-7-8-12-37(36)61-43/h7-8,11-14,22,30H,9-10,15-21,23-29,48H2,1-6H3,(H,58,59)(H,50,52,53). The van der Waals surface area contributed by atoms with Crippen molar-refractivity contribution < 1.29 is 14.6 Å². The van der Waals surface area contributed by atoms with E-state index in [4.69, 9.17) is 25.4 Å². The highest BCUT2D eigenvalue weighted by Gasteiger charge is 2.66. The van der Waals surface area contributed by atoms with E-state index in [9.17, 15) is 9.90 Å². The fraction of sp³-hybridized carbons (Fsp3) is 0.574. The van der Waals surface area contributed by atoms with Crippen LogP contribution in [0.3, 0.4) is 0 Å². The van der Waals surface area contributed by atoms with Gasteiger partial charge in [0, 0.05) is 86.0 Å². The minimum absolute atomic E-state index is 0.0183. The number of aromatic nitrogens is 4. The predicted molar refractivity (Wildman–Crippen MR) is 245 cm³/mol. The third kappa shape index (κ3) is 8.16. The van der Waals surface area contributed by atoms with E-state index in [0.29, 0.717) is 47.7 Å². The average Bonchev–Trinajstić information content (AvgIpc) is 3.63. The summed E-state index contributed by atoms with van der Waals surface area (Å²) in [6.07, 6.45) is 9.90. The van der Waals surface area contributed by atoms with Gasteiger partial charge < -0.3 is 25.8 Å². The van der Waals surface area contributed by atoms with Crippen LogP contribution >= 0.6 is 11.3 Å². The molecule has 4 bridgehead atoms. The van der Waals surface area contributed by atoms with Crippen molar-refractivity contribution in [1.82, 2.24) is 30.0 Å². The number of carbonyl (C=O) groups is 1. The number of nitrogens with one attached hydrogen (secondary N) is 1. The Bertz CT molecular complexity index is 2330. The molecule has 10 rings (SSSR count). The van der Waals surface area contributed by atoms with Gasteiger partial charge in [0.1, 0.15) is 5.82 Å². The van der Waals surface area contributed by atoms with E-state index in [1.54, 1.807) is 11.3 Å². The molecule has 1 saturated heterocycles. The van der Waals surface area contributed by atoms with Crippen LogP contribution in [0, 0.1) is 23.2 Å². The van der Waals surface area contributed by atoms with Crippen molar-refractivity contribution in [1.29, 1.82) is 0 Å². The van der Waals surface area contributed by atoms with E-state index in [0.717, 1.165) is 116 Å². The van der Waals surface area contributed by atoms with Crippen molar-refractivity contribution in [3.63, 3.8) is 0 Å². The number of aliphatic imine (C=N–C) groups is 1. The highest BCUT2D eigenvalue weighted by molar-refractivity contribution is 7.22. The normalized spacial score (nSPS) is 28.2. The van der Waals surface area contributed by atoms with Crippen molar-refractivity contribution in [2.75, 3.05) is 62.6 Å². The molecule has 4 saturated carbocycles. The van der Waals surface area contributed by atoms with E-state index < -0.39 is 5.97 Å². The molecule has 324 valence electrons. The lowest BCUT2D eigenvalue weighted by molar-refractivity contribution is -0.242. The number of allylic oxidation sites excluding steroid dienone is 1. The number of nitrogens with zero attached hydrogens (tertiary/aromatic N) is 8. The smallest absolute Gasteiger partial charge is 0.355 e. The number of anilines is 4. The molecule has 13 nitrogen and oxygen atoms in total. The summed E-state index contributed by atoms with van der Waals surface area (Å²) in [5.41, 5.74) is 11.3. The Balaban J connectivity index is 0.918. The summed E-state index contributed by atoms with van der Waals surface area (Å²) in [5, 5.41) is 24.0. The maximum Gasteiger partial charge on any atom is 0.355 e. The number of rotatable bonds is 13. The number of para-hydroxylation sites is 1. The summed E-state index contributed by atoms with van der Waals surface area (Å²) in [6, 6.07) is 12.3. The van der Waals surface area contributed by atoms with E-state index in [1.165, 1.54) is 12.6 Å². The zero-order valence-electron chi connectivity index (χ0n) is 36.8. The van der Waals surface area contributed by atoms with Crippen molar-refractivity contribution in [2.45, 2.75) is 105 Å². The van der Waals surface area contributed by atoms with E-state index >= 15 is 0 Å². The second-order valence-electron chi connectivity index (χ2n) is 19.9. The second kappa shape index (κ2) is 16.0. The average molecular weight is 847 g/mol. The Morgan fingerprint density at radius 3 is 2.46 bits per heavy atom. The number of benzene rings is 1. The number of hydrogen-bond acceptors (Lipinski definition) is 13. The number of pyridine rings is 1. The maximum atomic E-state index is 13.0. The quantitative estimate of drug-likeness (QED) is 0.111. The van der Waals surface area contributed by atoms with Crippen LogP contribution in [0.1, 0.15) is 107 Å². The number of hydrogen-bond donors (Lipinski definition) is 3. The van der Waals surface area contributed by atoms with Gasteiger partial charge in [-0.3, -0.25) is 14.8 Å². The third-order valence-corrected chi connectivity index (χ3v) is 15.3. The molecular weight excluding hydrogens is 785 g/mol. The molecule has 2 unspecified atom stereocenters. The number of piperazine rings is 1. The molecule has 2 atom stereocenters. The highest BCUT2D eigenvalue weighted by atomic mass is 32.1. The zero-order valence-corrected chi connectivity index (χ0v) is 37.6. The molecule has 5 fully saturated rings. The first-order valence-electron chi connectivity index (χ1n) is 22.2. The summed E-state index contributed by atoms with van der Waals surface area (Å²) in [6.45, 7) is 21.0. The Morgan fingerprint density at radius 2 is 1.75 bits per heavy atom. The Kier molecular flexibility index (Phi) is 11.0. The van der Waals surface area contributed by atoms with Crippen LogP contribution in [-0.2, 0) is 11.2 Å². The molecule has 3 aromatic heterocycles. The van der Waals surface area contributed by atoms with Gasteiger partial charge in [-0.25, -0.2) is 14.8 Å². The van der Waals surface area contributed by atoms with Gasteiger partial charge in [-0.05, 0) is 120 Å². The van der Waals surface area contributed by atoms with E-state index in [2.05, 4.69) is 59.1 Å². The first kappa shape index (κ1) is 41.8. The molecule has 4 aliphatic carbocycles. The topological polar surface area (TPSA) is 158 Å². The van der Waals surface area contributed by atoms with Gasteiger partial charge >= 0.3 is 5.97 Å². The van der Waals surface area contributed by atoms with Gasteiger partial charge in [0.2, 0.25) is 0 Å². The lowest BCUT2D eigenvalue weighted by Crippen LogP contribution is -2.64. The van der Waals surface area contributed by atoms with Crippen molar-refractivity contribution in [3.05, 3.63) is 65.0 Å². The summed E-state index contributed by atoms with van der Waals surface area (Å²) >= 11 is 1.57. The van der Waals surface area contributed by atoms with Crippen molar-refractivity contribution in [2.24, 2.45) is 27.0 Å². The van der Waals surface area contributed by atoms with Crippen molar-refractivity contribution >= 4 is 61.4 Å². The molecule has 5 heterocycles. The number of fused-ring (bicyclic) bond motifs is 2. The molecule has 0 spiro atoms. The highest BCUT2D eigenvalue weighted by Crippen LogP contribution is 2.71. The van der Waals surface area contributed by atoms with Crippen LogP contribution in [-0.4, -0.2) is 111 Å². The van der Waals surface area contributed by atoms with Gasteiger partial charge in [0.25, 0.3) is 0 Å². The molecule has 4 aromatic rings. The summed E-state index contributed by atoms with van der Waals surface area (Å²) < 4.78 is 8.16. The summed E-state index contributed by atoms with van der Waals surface area (Å²) in [5.74, 6) is 0.729. The molecule has 6 aliphatic rings. The van der Waals surface area contributed by atoms with Gasteiger partial charge in [0.15, 0.2) is 22.5 Å². The number of ether oxygens (including phenoxy) is 1. The van der Waals surface area contributed by atoms with Crippen LogP contribution in [0.5, 0.6) is 0 Å². The van der Waals surface area contributed by atoms with Gasteiger partial charge in [-0.2, -0.15) is 0 Å². The van der Waals surface area contributed by atoms with Crippen LogP contribution in [0.2, 0.25) is 0 Å². The molecule has 0 radical (unpaired) electrons. The molecule has 4 N–H and O–H groups in total. The fourth-order valence-electron chi connectivity index (χ4n) is 12.7. The number of carboxylic acids is 1. The first-order chi connectivity index (χ1) is 29.2. The monoisotopic (exact) mass is 846 g/mol. The molecule has 0 amide bonds. The fourth-order valence-corrected chi connectivity index (χ4v) is 13.6. The molecule has 61 heavy (non-hydrogen) atoms. The first-order valence-corrected chi connectivity index (χ1v) is 23.0. The van der Waals surface area contributed by atoms with Crippen LogP contribution in [0.25, 0.3) is 15.8 Å². The van der Waals surface area contributed by atoms with Crippen molar-refractivity contribution in [3.8, 4) is 0 Å². The number of carboxylic acid groups (broad SMARTS) is 1. The van der Waals surface area contributed by atoms with Crippen LogP contribution in [0.15, 0.2) is 47.6 Å². The second-order valence-corrected chi connectivity index (χ2v) is 20.9. The van der Waals surface area contributed by atoms with Gasteiger partial charge in [0.05, 0.1) is 22.4 Å². The Hall–Kier alpha value is -4.50. The van der Waals surface area contributed by atoms with E-state index in [1.807, 2.05) is 49.1 Å². The Morgan fingerprint density at radius 1 is 1.00 bits per heavy atom. The molecule has 14 heteroatoms. The van der Waals surface area contributed by atoms with Gasteiger partial charge in [-0.15, -0.1) is 10.2 Å². The molecular formula is C47H62N10O3S. The largest absolute Gasteiger partial charge is 0.476 e. The SMILES string of the molecule is CC(=NCC12CC3(C)CC(C)(C1)CC(OCCN1CCN(C(C)C)CC1)(C3)C2)C(=CN)c1ccc(N2CCCc3c2nnc(Nc2nc4ccccc4s2)c3C)nc1C(=O)O. The van der Waals surface area contributed by atoms with Crippen LogP contribution in [0.4, 0.5) is 22.6 Å². The zero-order chi connectivity index (χ0) is 42.7. The van der Waals surface area contributed by atoms with E-state index in [-0.39, 0.29) is 27.5 Å². The Labute approximate surface area is 363 Å². The minimum atomic E-state index is -1.12. The number of aromatic carboxylic acids is 1. The summed E-state index contributed by atoms with van der Waals surface area (Å²) in [4.78, 5) is 34.8. The molecule has 1 aromatic carbocycles.